The van der Waals surface area contributed by atoms with Gasteiger partial charge in [-0.05, 0) is 13.8 Å². The van der Waals surface area contributed by atoms with Crippen LogP contribution in [0.1, 0.15) is 13.8 Å². The van der Waals surface area contributed by atoms with Gasteiger partial charge in [-0.2, -0.15) is 11.8 Å². The van der Waals surface area contributed by atoms with Crippen molar-refractivity contribution in [3.05, 3.63) is 0 Å². The highest BCUT2D eigenvalue weighted by Crippen LogP contribution is 2.29. The molecular weight excluding hydrogens is 282 g/mol. The fraction of sp³-hybridized carbons (Fsp3) is 0.933. The van der Waals surface area contributed by atoms with Gasteiger partial charge < -0.3 is 10.2 Å². The first-order valence-corrected chi connectivity index (χ1v) is 9.12. The van der Waals surface area contributed by atoms with Gasteiger partial charge in [0.2, 0.25) is 0 Å². The molecule has 4 heterocycles. The Balaban J connectivity index is 1.53. The normalized spacial score (nSPS) is 35.9. The highest BCUT2D eigenvalue weighted by Gasteiger charge is 2.33. The molecule has 4 rings (SSSR count). The maximum absolute atomic E-state index is 4.51. The molecule has 0 aromatic carbocycles. The van der Waals surface area contributed by atoms with Crippen molar-refractivity contribution in [2.45, 2.75) is 24.6 Å². The maximum Gasteiger partial charge on any atom is 0.193 e. The van der Waals surface area contributed by atoms with Gasteiger partial charge in [0.1, 0.15) is 0 Å². The molecule has 4 saturated heterocycles. The minimum Gasteiger partial charge on any atom is -0.355 e. The molecule has 0 aromatic rings. The second kappa shape index (κ2) is 6.34. The van der Waals surface area contributed by atoms with E-state index < -0.39 is 0 Å². The molecule has 1 N–H and O–H groups in total. The predicted octanol–water partition coefficient (Wildman–Crippen LogP) is 0.389. The summed E-state index contributed by atoms with van der Waals surface area (Å²) in [7, 11) is 1.91. The van der Waals surface area contributed by atoms with E-state index in [2.05, 4.69) is 50.6 Å². The van der Waals surface area contributed by atoms with Crippen LogP contribution in [0.3, 0.4) is 0 Å². The molecule has 120 valence electrons. The van der Waals surface area contributed by atoms with Crippen molar-refractivity contribution in [2.75, 3.05) is 65.2 Å². The summed E-state index contributed by atoms with van der Waals surface area (Å²) in [6, 6.07) is 0.649. The summed E-state index contributed by atoms with van der Waals surface area (Å²) in [6.45, 7) is 14.1. The SMILES string of the molecule is CN=C(NCC1CN2CCN1CC2)N1CCSC(C)(C)C1. The molecule has 0 radical (unpaired) electrons. The molecule has 4 aliphatic heterocycles. The molecule has 0 aliphatic carbocycles. The minimum atomic E-state index is 0.328. The zero-order valence-electron chi connectivity index (χ0n) is 13.6. The van der Waals surface area contributed by atoms with Crippen LogP contribution in [0.5, 0.6) is 0 Å². The van der Waals surface area contributed by atoms with Crippen LogP contribution in [0.15, 0.2) is 4.99 Å². The highest BCUT2D eigenvalue weighted by molar-refractivity contribution is 8.00. The van der Waals surface area contributed by atoms with Crippen LogP contribution in [-0.2, 0) is 0 Å². The van der Waals surface area contributed by atoms with E-state index in [0.717, 1.165) is 25.6 Å². The molecule has 4 aliphatic rings. The van der Waals surface area contributed by atoms with Gasteiger partial charge in [-0.15, -0.1) is 0 Å². The summed E-state index contributed by atoms with van der Waals surface area (Å²) in [6.07, 6.45) is 0. The minimum absolute atomic E-state index is 0.328. The van der Waals surface area contributed by atoms with Gasteiger partial charge in [-0.3, -0.25) is 14.8 Å². The molecule has 6 heteroatoms. The number of nitrogens with zero attached hydrogens (tertiary/aromatic N) is 4. The van der Waals surface area contributed by atoms with E-state index in [-0.39, 0.29) is 0 Å². The molecule has 21 heavy (non-hydrogen) atoms. The fourth-order valence-corrected chi connectivity index (χ4v) is 4.77. The van der Waals surface area contributed by atoms with Crippen LogP contribution in [0.25, 0.3) is 0 Å². The van der Waals surface area contributed by atoms with Crippen LogP contribution in [-0.4, -0.2) is 96.6 Å². The third-order valence-electron chi connectivity index (χ3n) is 4.83. The number of hydrogen-bond donors (Lipinski definition) is 1. The van der Waals surface area contributed by atoms with Gasteiger partial charge in [0.25, 0.3) is 0 Å². The van der Waals surface area contributed by atoms with E-state index >= 15 is 0 Å². The summed E-state index contributed by atoms with van der Waals surface area (Å²) in [5.74, 6) is 2.28. The Hall–Kier alpha value is -0.460. The van der Waals surface area contributed by atoms with Crippen molar-refractivity contribution < 1.29 is 0 Å². The van der Waals surface area contributed by atoms with E-state index in [1.807, 2.05) is 7.05 Å². The maximum atomic E-state index is 4.51. The van der Waals surface area contributed by atoms with Gasteiger partial charge in [0.15, 0.2) is 5.96 Å². The Morgan fingerprint density at radius 3 is 2.57 bits per heavy atom. The molecule has 5 nitrogen and oxygen atoms in total. The zero-order chi connectivity index (χ0) is 14.9. The number of nitrogens with one attached hydrogen (secondary N) is 1. The lowest BCUT2D eigenvalue weighted by Gasteiger charge is -2.48. The van der Waals surface area contributed by atoms with Gasteiger partial charge in [-0.25, -0.2) is 0 Å². The first kappa shape index (κ1) is 15.4. The molecule has 4 fully saturated rings. The van der Waals surface area contributed by atoms with Crippen molar-refractivity contribution in [3.8, 4) is 0 Å². The molecule has 0 spiro atoms. The molecule has 1 unspecified atom stereocenters. The number of thioether (sulfide) groups is 1. The van der Waals surface area contributed by atoms with E-state index in [4.69, 9.17) is 0 Å². The summed E-state index contributed by atoms with van der Waals surface area (Å²) in [5, 5.41) is 3.63. The van der Waals surface area contributed by atoms with Crippen molar-refractivity contribution in [1.29, 1.82) is 0 Å². The molecule has 2 bridgehead atoms. The molecule has 0 aromatic heterocycles. The van der Waals surface area contributed by atoms with Crippen molar-refractivity contribution in [2.24, 2.45) is 4.99 Å². The molecule has 1 atom stereocenters. The summed E-state index contributed by atoms with van der Waals surface area (Å²) in [5.41, 5.74) is 0. The van der Waals surface area contributed by atoms with Crippen LogP contribution >= 0.6 is 11.8 Å². The third-order valence-corrected chi connectivity index (χ3v) is 6.12. The third kappa shape index (κ3) is 3.66. The van der Waals surface area contributed by atoms with E-state index in [1.54, 1.807) is 0 Å². The second-order valence-corrected chi connectivity index (χ2v) is 8.75. The number of guanidine groups is 1. The van der Waals surface area contributed by atoms with Crippen LogP contribution < -0.4 is 5.32 Å². The van der Waals surface area contributed by atoms with Crippen molar-refractivity contribution >= 4 is 17.7 Å². The monoisotopic (exact) mass is 311 g/mol. The van der Waals surface area contributed by atoms with Gasteiger partial charge in [-0.1, -0.05) is 0 Å². The topological polar surface area (TPSA) is 34.1 Å². The average molecular weight is 311 g/mol. The van der Waals surface area contributed by atoms with Gasteiger partial charge in [0, 0.05) is 75.9 Å². The number of piperazine rings is 3. The number of aliphatic imine (C=N–C) groups is 1. The first-order chi connectivity index (χ1) is 10.1. The standard InChI is InChI=1S/C15H29N5S/c1-15(2)12-20(8-9-21-15)14(16-3)17-10-13-11-18-4-6-19(13)7-5-18/h13H,4-12H2,1-3H3,(H,16,17). The largest absolute Gasteiger partial charge is 0.355 e. The van der Waals surface area contributed by atoms with Crippen LogP contribution in [0.4, 0.5) is 0 Å². The molecule has 0 amide bonds. The Labute approximate surface area is 133 Å². The second-order valence-electron chi connectivity index (χ2n) is 6.95. The lowest BCUT2D eigenvalue weighted by molar-refractivity contribution is 0.0152. The molecular formula is C15H29N5S. The Morgan fingerprint density at radius 1 is 1.24 bits per heavy atom. The first-order valence-electron chi connectivity index (χ1n) is 8.13. The Morgan fingerprint density at radius 2 is 2.00 bits per heavy atom. The quantitative estimate of drug-likeness (QED) is 0.589. The zero-order valence-corrected chi connectivity index (χ0v) is 14.5. The Bertz CT molecular complexity index is 390. The number of hydrogen-bond acceptors (Lipinski definition) is 4. The summed E-state index contributed by atoms with van der Waals surface area (Å²) >= 11 is 2.07. The van der Waals surface area contributed by atoms with Crippen LogP contribution in [0.2, 0.25) is 0 Å². The predicted molar refractivity (Wildman–Crippen MR) is 91.3 cm³/mol. The van der Waals surface area contributed by atoms with E-state index in [1.165, 1.54) is 38.5 Å². The lowest BCUT2D eigenvalue weighted by atomic mass is 10.1. The Kier molecular flexibility index (Phi) is 4.66. The summed E-state index contributed by atoms with van der Waals surface area (Å²) in [4.78, 5) is 12.2. The van der Waals surface area contributed by atoms with E-state index in [0.29, 0.717) is 10.8 Å². The number of rotatable bonds is 2. The van der Waals surface area contributed by atoms with Gasteiger partial charge >= 0.3 is 0 Å². The highest BCUT2D eigenvalue weighted by atomic mass is 32.2. The van der Waals surface area contributed by atoms with Crippen molar-refractivity contribution in [3.63, 3.8) is 0 Å². The van der Waals surface area contributed by atoms with Gasteiger partial charge in [0.05, 0.1) is 0 Å². The van der Waals surface area contributed by atoms with Crippen molar-refractivity contribution in [1.82, 2.24) is 20.0 Å². The number of fused-ring (bicyclic) bond motifs is 3. The lowest BCUT2D eigenvalue weighted by Crippen LogP contribution is -2.64. The van der Waals surface area contributed by atoms with Crippen LogP contribution in [0, 0.1) is 0 Å². The molecule has 0 saturated carbocycles. The van der Waals surface area contributed by atoms with E-state index in [9.17, 15) is 0 Å². The fourth-order valence-electron chi connectivity index (χ4n) is 3.66. The average Bonchev–Trinajstić information content (AvgIpc) is 2.48. The summed E-state index contributed by atoms with van der Waals surface area (Å²) < 4.78 is 0.328. The smallest absolute Gasteiger partial charge is 0.193 e.